The van der Waals surface area contributed by atoms with E-state index in [1.165, 1.54) is 0 Å². The maximum atomic E-state index is 3.30. The molecule has 0 atom stereocenters. The minimum absolute atomic E-state index is 0.942. The largest absolute Gasteiger partial charge is 0.319 e. The molecule has 0 heterocycles. The third-order valence-electron chi connectivity index (χ3n) is 0.986. The first-order valence-electron chi connectivity index (χ1n) is 2.93. The van der Waals surface area contributed by atoms with Crippen LogP contribution in [0.1, 0.15) is 6.92 Å². The normalized spacial score (nSPS) is 10.5. The molecule has 3 N–H and O–H groups in total. The van der Waals surface area contributed by atoms with Gasteiger partial charge in [0.25, 0.3) is 9.28 Å². The highest BCUT2D eigenvalue weighted by molar-refractivity contribution is 6.50. The quantitative estimate of drug-likeness (QED) is 0.420. The van der Waals surface area contributed by atoms with Crippen LogP contribution in [0.5, 0.6) is 0 Å². The van der Waals surface area contributed by atoms with Crippen molar-refractivity contribution in [1.29, 1.82) is 0 Å². The van der Waals surface area contributed by atoms with Gasteiger partial charge in [-0.15, -0.1) is 0 Å². The van der Waals surface area contributed by atoms with E-state index in [-0.39, 0.29) is 0 Å². The molecular formula is C4H15N3Si. The predicted octanol–water partition coefficient (Wildman–Crippen LogP) is -1.25. The summed E-state index contributed by atoms with van der Waals surface area (Å²) >= 11 is 0. The summed E-state index contributed by atoms with van der Waals surface area (Å²) in [6.07, 6.45) is 0. The Labute approximate surface area is 52.7 Å². The molecule has 0 aromatic heterocycles. The van der Waals surface area contributed by atoms with Gasteiger partial charge in [0.2, 0.25) is 0 Å². The highest BCUT2D eigenvalue weighted by atomic mass is 28.3. The molecule has 0 saturated heterocycles. The smallest absolute Gasteiger partial charge is 0.264 e. The van der Waals surface area contributed by atoms with Crippen LogP contribution in [-0.4, -0.2) is 29.9 Å². The molecular weight excluding hydrogens is 118 g/mol. The first-order chi connectivity index (χ1) is 3.85. The van der Waals surface area contributed by atoms with Crippen LogP contribution in [0.25, 0.3) is 0 Å². The van der Waals surface area contributed by atoms with Crippen molar-refractivity contribution in [2.24, 2.45) is 0 Å². The Balaban J connectivity index is 3.07. The molecule has 0 bridgehead atoms. The van der Waals surface area contributed by atoms with E-state index in [2.05, 4.69) is 21.9 Å². The summed E-state index contributed by atoms with van der Waals surface area (Å²) < 4.78 is 0. The average molecular weight is 133 g/mol. The van der Waals surface area contributed by atoms with Crippen LogP contribution in [0, 0.1) is 0 Å². The van der Waals surface area contributed by atoms with E-state index in [1.807, 2.05) is 14.1 Å². The molecule has 4 heteroatoms. The molecule has 0 radical (unpaired) electrons. The highest BCUT2D eigenvalue weighted by Gasteiger charge is 1.99. The number of rotatable bonds is 4. The van der Waals surface area contributed by atoms with Gasteiger partial charge in [-0.05, 0) is 20.6 Å². The Morgan fingerprint density at radius 1 is 1.25 bits per heavy atom. The fourth-order valence-electron chi connectivity index (χ4n) is 0.553. The summed E-state index contributed by atoms with van der Waals surface area (Å²) in [6.45, 7) is 3.15. The molecule has 0 saturated carbocycles. The monoisotopic (exact) mass is 133 g/mol. The summed E-state index contributed by atoms with van der Waals surface area (Å²) in [7, 11) is 2.99. The predicted molar refractivity (Wildman–Crippen MR) is 38.9 cm³/mol. The van der Waals surface area contributed by atoms with E-state index in [4.69, 9.17) is 0 Å². The van der Waals surface area contributed by atoms with Crippen molar-refractivity contribution >= 4 is 9.28 Å². The van der Waals surface area contributed by atoms with E-state index in [1.54, 1.807) is 0 Å². The molecule has 0 aliphatic rings. The van der Waals surface area contributed by atoms with E-state index in [0.29, 0.717) is 0 Å². The molecule has 0 rings (SSSR count). The van der Waals surface area contributed by atoms with E-state index < -0.39 is 9.28 Å². The molecule has 0 aliphatic carbocycles. The lowest BCUT2D eigenvalue weighted by atomic mass is 10.8. The fourth-order valence-corrected chi connectivity index (χ4v) is 1.66. The molecule has 3 nitrogen and oxygen atoms in total. The third-order valence-corrected chi connectivity index (χ3v) is 2.96. The van der Waals surface area contributed by atoms with Crippen molar-refractivity contribution in [2.45, 2.75) is 6.92 Å². The van der Waals surface area contributed by atoms with Gasteiger partial charge in [-0.2, -0.15) is 0 Å². The minimum Gasteiger partial charge on any atom is -0.319 e. The van der Waals surface area contributed by atoms with Crippen LogP contribution >= 0.6 is 0 Å². The lowest BCUT2D eigenvalue weighted by Gasteiger charge is -2.11. The van der Waals surface area contributed by atoms with Gasteiger partial charge in [-0.1, -0.05) is 6.92 Å². The minimum atomic E-state index is -0.942. The Morgan fingerprint density at radius 2 is 1.75 bits per heavy atom. The van der Waals surface area contributed by atoms with Gasteiger partial charge in [0, 0.05) is 0 Å². The molecule has 0 unspecified atom stereocenters. The van der Waals surface area contributed by atoms with Crippen LogP contribution in [0.15, 0.2) is 0 Å². The van der Waals surface area contributed by atoms with Crippen molar-refractivity contribution in [3.63, 3.8) is 0 Å². The zero-order valence-corrected chi connectivity index (χ0v) is 6.94. The number of hydrogen-bond donors (Lipinski definition) is 3. The number of hydrogen-bond acceptors (Lipinski definition) is 3. The summed E-state index contributed by atoms with van der Waals surface area (Å²) in [5.74, 6) is 0. The van der Waals surface area contributed by atoms with Crippen LogP contribution < -0.4 is 14.9 Å². The Bertz CT molecular complexity index is 46.5. The average Bonchev–Trinajstić information content (AvgIpc) is 1.83. The number of nitrogens with one attached hydrogen (secondary N) is 3. The van der Waals surface area contributed by atoms with E-state index >= 15 is 0 Å². The molecule has 0 fully saturated rings. The maximum absolute atomic E-state index is 3.30. The zero-order valence-electron chi connectivity index (χ0n) is 5.78. The van der Waals surface area contributed by atoms with Gasteiger partial charge in [-0.25, -0.2) is 0 Å². The van der Waals surface area contributed by atoms with Crippen molar-refractivity contribution in [1.82, 2.24) is 14.9 Å². The second-order valence-corrected chi connectivity index (χ2v) is 4.00. The third kappa shape index (κ3) is 3.14. The Kier molecular flexibility index (Phi) is 5.30. The molecule has 0 aromatic carbocycles. The summed E-state index contributed by atoms with van der Waals surface area (Å²) in [6, 6.07) is 0. The SMILES string of the molecule is CCN[SiH](NC)NC. The van der Waals surface area contributed by atoms with Crippen molar-refractivity contribution < 1.29 is 0 Å². The zero-order chi connectivity index (χ0) is 6.41. The second-order valence-electron chi connectivity index (χ2n) is 1.57. The van der Waals surface area contributed by atoms with Gasteiger partial charge in [-0.3, -0.25) is 0 Å². The first kappa shape index (κ1) is 8.10. The van der Waals surface area contributed by atoms with Crippen LogP contribution in [0.3, 0.4) is 0 Å². The van der Waals surface area contributed by atoms with Crippen molar-refractivity contribution in [3.05, 3.63) is 0 Å². The standard InChI is InChI=1S/C4H15N3Si/c1-4-7-8(5-2)6-3/h5-8H,4H2,1-3H3. The Hall–Kier alpha value is 0.0969. The van der Waals surface area contributed by atoms with Crippen LogP contribution in [0.2, 0.25) is 0 Å². The van der Waals surface area contributed by atoms with Crippen LogP contribution in [0.4, 0.5) is 0 Å². The molecule has 50 valence electrons. The van der Waals surface area contributed by atoms with Crippen molar-refractivity contribution in [2.75, 3.05) is 20.6 Å². The highest BCUT2D eigenvalue weighted by Crippen LogP contribution is 1.56. The molecule has 8 heavy (non-hydrogen) atoms. The molecule has 0 aliphatic heterocycles. The molecule has 0 aromatic rings. The Morgan fingerprint density at radius 3 is 1.88 bits per heavy atom. The lowest BCUT2D eigenvalue weighted by molar-refractivity contribution is 0.898. The summed E-state index contributed by atoms with van der Waals surface area (Å²) in [5, 5.41) is 0. The van der Waals surface area contributed by atoms with E-state index in [0.717, 1.165) is 6.54 Å². The fraction of sp³-hybridized carbons (Fsp3) is 1.00. The van der Waals surface area contributed by atoms with Gasteiger partial charge in [0.15, 0.2) is 0 Å². The lowest BCUT2D eigenvalue weighted by Crippen LogP contribution is -2.55. The molecule has 0 spiro atoms. The first-order valence-corrected chi connectivity index (χ1v) is 4.66. The van der Waals surface area contributed by atoms with Gasteiger partial charge < -0.3 is 14.9 Å². The molecule has 0 amide bonds. The van der Waals surface area contributed by atoms with Gasteiger partial charge >= 0.3 is 0 Å². The maximum Gasteiger partial charge on any atom is 0.264 e. The van der Waals surface area contributed by atoms with E-state index in [9.17, 15) is 0 Å². The van der Waals surface area contributed by atoms with Gasteiger partial charge in [0.1, 0.15) is 0 Å². The summed E-state index contributed by atoms with van der Waals surface area (Å²) in [5.41, 5.74) is 0. The van der Waals surface area contributed by atoms with Crippen LogP contribution in [-0.2, 0) is 0 Å². The second kappa shape index (κ2) is 5.24. The summed E-state index contributed by atoms with van der Waals surface area (Å²) in [4.78, 5) is 9.64. The van der Waals surface area contributed by atoms with Gasteiger partial charge in [0.05, 0.1) is 0 Å². The van der Waals surface area contributed by atoms with Crippen molar-refractivity contribution in [3.8, 4) is 0 Å². The topological polar surface area (TPSA) is 36.1 Å².